The van der Waals surface area contributed by atoms with Crippen LogP contribution in [0.5, 0.6) is 0 Å². The molecule has 1 atom stereocenters. The summed E-state index contributed by atoms with van der Waals surface area (Å²) in [5.41, 5.74) is 1.14. The average molecular weight is 232 g/mol. The quantitative estimate of drug-likeness (QED) is 0.858. The van der Waals surface area contributed by atoms with Crippen LogP contribution in [-0.2, 0) is 4.79 Å². The number of nitrogens with one attached hydrogen (secondary N) is 1. The Kier molecular flexibility index (Phi) is 4.15. The first-order chi connectivity index (χ1) is 8.33. The van der Waals surface area contributed by atoms with Gasteiger partial charge in [0.05, 0.1) is 5.92 Å². The van der Waals surface area contributed by atoms with Gasteiger partial charge in [-0.1, -0.05) is 37.3 Å². The van der Waals surface area contributed by atoms with Crippen molar-refractivity contribution < 1.29 is 4.79 Å². The number of carbonyl (C=O) groups excluding carboxylic acids is 1. The third-order valence-corrected chi connectivity index (χ3v) is 3.34. The van der Waals surface area contributed by atoms with Crippen LogP contribution in [0.3, 0.4) is 0 Å². The zero-order valence-electron chi connectivity index (χ0n) is 10.4. The minimum Gasteiger partial charge on any atom is -0.340 e. The first-order valence-corrected chi connectivity index (χ1v) is 6.37. The summed E-state index contributed by atoms with van der Waals surface area (Å²) < 4.78 is 0. The van der Waals surface area contributed by atoms with Crippen LogP contribution >= 0.6 is 0 Å². The smallest absolute Gasteiger partial charge is 0.230 e. The number of carbonyl (C=O) groups is 1. The molecule has 1 N–H and O–H groups in total. The molecule has 0 unspecified atom stereocenters. The third kappa shape index (κ3) is 2.86. The number of amides is 1. The highest BCUT2D eigenvalue weighted by molar-refractivity contribution is 5.83. The number of benzene rings is 1. The Bertz CT molecular complexity index is 358. The van der Waals surface area contributed by atoms with E-state index in [0.29, 0.717) is 0 Å². The van der Waals surface area contributed by atoms with E-state index >= 15 is 0 Å². The maximum atomic E-state index is 12.4. The average Bonchev–Trinajstić information content (AvgIpc) is 2.42. The van der Waals surface area contributed by atoms with Crippen molar-refractivity contribution in [2.75, 3.05) is 26.2 Å². The monoisotopic (exact) mass is 232 g/mol. The van der Waals surface area contributed by atoms with Crippen LogP contribution in [0.15, 0.2) is 30.3 Å². The van der Waals surface area contributed by atoms with Crippen LogP contribution < -0.4 is 5.32 Å². The standard InChI is InChI=1S/C14H20N2O/c1-2-13(12-6-4-3-5-7-12)14(17)16-10-8-15-9-11-16/h3-7,13,15H,2,8-11H2,1H3/t13-/m0/s1. The van der Waals surface area contributed by atoms with Gasteiger partial charge in [-0.15, -0.1) is 0 Å². The number of rotatable bonds is 3. The molecule has 1 aliphatic heterocycles. The van der Waals surface area contributed by atoms with E-state index in [0.717, 1.165) is 38.2 Å². The van der Waals surface area contributed by atoms with Gasteiger partial charge in [-0.2, -0.15) is 0 Å². The van der Waals surface area contributed by atoms with Crippen molar-refractivity contribution >= 4 is 5.91 Å². The Labute approximate surface area is 103 Å². The molecule has 1 fully saturated rings. The highest BCUT2D eigenvalue weighted by Gasteiger charge is 2.24. The number of nitrogens with zero attached hydrogens (tertiary/aromatic N) is 1. The SMILES string of the molecule is CC[C@H](C(=O)N1CCNCC1)c1ccccc1. The van der Waals surface area contributed by atoms with Gasteiger partial charge in [0.2, 0.25) is 5.91 Å². The summed E-state index contributed by atoms with van der Waals surface area (Å²) in [4.78, 5) is 14.4. The molecule has 1 saturated heterocycles. The third-order valence-electron chi connectivity index (χ3n) is 3.34. The second-order valence-electron chi connectivity index (χ2n) is 4.45. The lowest BCUT2D eigenvalue weighted by Gasteiger charge is -2.30. The molecule has 17 heavy (non-hydrogen) atoms. The molecule has 1 heterocycles. The molecule has 0 saturated carbocycles. The molecule has 0 spiro atoms. The lowest BCUT2D eigenvalue weighted by atomic mass is 9.95. The largest absolute Gasteiger partial charge is 0.340 e. The first kappa shape index (κ1) is 12.1. The number of piperazine rings is 1. The molecule has 3 nitrogen and oxygen atoms in total. The minimum atomic E-state index is 0.0225. The summed E-state index contributed by atoms with van der Waals surface area (Å²) in [6.07, 6.45) is 0.868. The van der Waals surface area contributed by atoms with Crippen molar-refractivity contribution in [1.29, 1.82) is 0 Å². The predicted molar refractivity (Wildman–Crippen MR) is 68.9 cm³/mol. The molecule has 0 radical (unpaired) electrons. The van der Waals surface area contributed by atoms with Crippen LogP contribution in [0.25, 0.3) is 0 Å². The minimum absolute atomic E-state index is 0.0225. The van der Waals surface area contributed by atoms with Gasteiger partial charge in [-0.25, -0.2) is 0 Å². The van der Waals surface area contributed by atoms with Gasteiger partial charge in [-0.05, 0) is 12.0 Å². The van der Waals surface area contributed by atoms with Crippen LogP contribution in [0, 0.1) is 0 Å². The van der Waals surface area contributed by atoms with E-state index < -0.39 is 0 Å². The molecule has 0 bridgehead atoms. The van der Waals surface area contributed by atoms with Crippen molar-refractivity contribution in [3.8, 4) is 0 Å². The summed E-state index contributed by atoms with van der Waals surface area (Å²) >= 11 is 0. The van der Waals surface area contributed by atoms with E-state index in [2.05, 4.69) is 12.2 Å². The number of hydrogen-bond donors (Lipinski definition) is 1. The zero-order chi connectivity index (χ0) is 12.1. The summed E-state index contributed by atoms with van der Waals surface area (Å²) in [5.74, 6) is 0.300. The Morgan fingerprint density at radius 3 is 2.53 bits per heavy atom. The van der Waals surface area contributed by atoms with Crippen molar-refractivity contribution in [1.82, 2.24) is 10.2 Å². The fraction of sp³-hybridized carbons (Fsp3) is 0.500. The first-order valence-electron chi connectivity index (χ1n) is 6.37. The fourth-order valence-corrected chi connectivity index (χ4v) is 2.34. The van der Waals surface area contributed by atoms with Crippen molar-refractivity contribution in [2.24, 2.45) is 0 Å². The van der Waals surface area contributed by atoms with Gasteiger partial charge in [-0.3, -0.25) is 4.79 Å². The Balaban J connectivity index is 2.10. The highest BCUT2D eigenvalue weighted by Crippen LogP contribution is 2.22. The van der Waals surface area contributed by atoms with E-state index in [4.69, 9.17) is 0 Å². The van der Waals surface area contributed by atoms with Gasteiger partial charge in [0, 0.05) is 26.2 Å². The molecule has 1 aromatic rings. The van der Waals surface area contributed by atoms with E-state index in [1.54, 1.807) is 0 Å². The van der Waals surface area contributed by atoms with E-state index in [1.807, 2.05) is 35.2 Å². The Morgan fingerprint density at radius 1 is 1.29 bits per heavy atom. The Morgan fingerprint density at radius 2 is 1.94 bits per heavy atom. The molecular weight excluding hydrogens is 212 g/mol. The summed E-state index contributed by atoms with van der Waals surface area (Å²) in [6, 6.07) is 10.1. The maximum Gasteiger partial charge on any atom is 0.230 e. The van der Waals surface area contributed by atoms with Gasteiger partial charge in [0.25, 0.3) is 0 Å². The lowest BCUT2D eigenvalue weighted by molar-refractivity contribution is -0.133. The summed E-state index contributed by atoms with van der Waals surface area (Å²) in [7, 11) is 0. The van der Waals surface area contributed by atoms with E-state index in [1.165, 1.54) is 0 Å². The summed E-state index contributed by atoms with van der Waals surface area (Å²) in [5, 5.41) is 3.27. The van der Waals surface area contributed by atoms with Crippen LogP contribution in [0.4, 0.5) is 0 Å². The van der Waals surface area contributed by atoms with Crippen LogP contribution in [-0.4, -0.2) is 37.0 Å². The molecule has 2 rings (SSSR count). The zero-order valence-corrected chi connectivity index (χ0v) is 10.4. The van der Waals surface area contributed by atoms with E-state index in [9.17, 15) is 4.79 Å². The highest BCUT2D eigenvalue weighted by atomic mass is 16.2. The van der Waals surface area contributed by atoms with E-state index in [-0.39, 0.29) is 11.8 Å². The number of hydrogen-bond acceptors (Lipinski definition) is 2. The van der Waals surface area contributed by atoms with Crippen LogP contribution in [0.2, 0.25) is 0 Å². The molecule has 0 aliphatic carbocycles. The molecule has 1 amide bonds. The van der Waals surface area contributed by atoms with Crippen molar-refractivity contribution in [3.05, 3.63) is 35.9 Å². The van der Waals surface area contributed by atoms with Gasteiger partial charge < -0.3 is 10.2 Å². The molecule has 92 valence electrons. The van der Waals surface area contributed by atoms with Crippen molar-refractivity contribution in [2.45, 2.75) is 19.3 Å². The summed E-state index contributed by atoms with van der Waals surface area (Å²) in [6.45, 7) is 5.58. The maximum absolute atomic E-state index is 12.4. The second-order valence-corrected chi connectivity index (χ2v) is 4.45. The predicted octanol–water partition coefficient (Wildman–Crippen LogP) is 1.61. The van der Waals surface area contributed by atoms with Crippen molar-refractivity contribution in [3.63, 3.8) is 0 Å². The molecule has 0 aromatic heterocycles. The lowest BCUT2D eigenvalue weighted by Crippen LogP contribution is -2.47. The molecule has 3 heteroatoms. The topological polar surface area (TPSA) is 32.3 Å². The Hall–Kier alpha value is -1.35. The normalized spacial score (nSPS) is 17.8. The molecule has 1 aliphatic rings. The van der Waals surface area contributed by atoms with Gasteiger partial charge in [0.15, 0.2) is 0 Å². The van der Waals surface area contributed by atoms with Crippen LogP contribution in [0.1, 0.15) is 24.8 Å². The molecule has 1 aromatic carbocycles. The second kappa shape index (κ2) is 5.82. The fourth-order valence-electron chi connectivity index (χ4n) is 2.34. The van der Waals surface area contributed by atoms with Gasteiger partial charge >= 0.3 is 0 Å². The van der Waals surface area contributed by atoms with Gasteiger partial charge in [0.1, 0.15) is 0 Å². The molecular formula is C14H20N2O.